The maximum Gasteiger partial charge on any atom is 0.357 e. The van der Waals surface area contributed by atoms with Crippen molar-refractivity contribution in [3.05, 3.63) is 56.0 Å². The Balaban J connectivity index is 2.18. The third-order valence-electron chi connectivity index (χ3n) is 3.45. The van der Waals surface area contributed by atoms with Crippen LogP contribution < -0.4 is 0 Å². The van der Waals surface area contributed by atoms with Crippen molar-refractivity contribution >= 4 is 28.9 Å². The van der Waals surface area contributed by atoms with Gasteiger partial charge >= 0.3 is 5.97 Å². The van der Waals surface area contributed by atoms with Crippen molar-refractivity contribution in [2.24, 2.45) is 0 Å². The molecule has 0 unspecified atom stereocenters. The first-order valence-electron chi connectivity index (χ1n) is 8.11. The second-order valence-corrected chi connectivity index (χ2v) is 6.32. The van der Waals surface area contributed by atoms with Crippen molar-refractivity contribution in [1.29, 1.82) is 0 Å². The van der Waals surface area contributed by atoms with Crippen LogP contribution in [0, 0.1) is 10.1 Å². The van der Waals surface area contributed by atoms with E-state index < -0.39 is 10.9 Å². The number of nitrogens with zero attached hydrogens (tertiary/aromatic N) is 3. The van der Waals surface area contributed by atoms with Gasteiger partial charge in [0.15, 0.2) is 5.69 Å². The van der Waals surface area contributed by atoms with E-state index >= 15 is 0 Å². The Bertz CT molecular complexity index is 805. The second-order valence-electron chi connectivity index (χ2n) is 5.38. The maximum absolute atomic E-state index is 12.7. The largest absolute Gasteiger partial charge is 0.461 e. The van der Waals surface area contributed by atoms with Gasteiger partial charge in [-0.1, -0.05) is 13.0 Å². The highest BCUT2D eigenvalue weighted by molar-refractivity contribution is 7.09. The van der Waals surface area contributed by atoms with Gasteiger partial charge in [0.05, 0.1) is 18.1 Å². The lowest BCUT2D eigenvalue weighted by molar-refractivity contribution is -0.384. The number of amides is 1. The minimum Gasteiger partial charge on any atom is -0.461 e. The summed E-state index contributed by atoms with van der Waals surface area (Å²) in [5.74, 6) is -0.814. The number of carbonyl (C=O) groups excluding carboxylic acids is 2. The lowest BCUT2D eigenvalue weighted by Gasteiger charge is -2.21. The molecule has 0 atom stereocenters. The van der Waals surface area contributed by atoms with Gasteiger partial charge in [-0.15, -0.1) is 11.3 Å². The Morgan fingerprint density at radius 2 is 2.12 bits per heavy atom. The van der Waals surface area contributed by atoms with Crippen LogP contribution in [0.1, 0.15) is 46.1 Å². The quantitative estimate of drug-likeness (QED) is 0.397. The predicted octanol–water partition coefficient (Wildman–Crippen LogP) is 3.28. The van der Waals surface area contributed by atoms with E-state index in [-0.39, 0.29) is 36.0 Å². The number of non-ortho nitro benzene ring substituents is 1. The van der Waals surface area contributed by atoms with Crippen LogP contribution in [0.5, 0.6) is 0 Å². The van der Waals surface area contributed by atoms with Crippen LogP contribution in [0.15, 0.2) is 29.6 Å². The van der Waals surface area contributed by atoms with Crippen molar-refractivity contribution in [2.75, 3.05) is 13.2 Å². The highest BCUT2D eigenvalue weighted by Gasteiger charge is 2.20. The summed E-state index contributed by atoms with van der Waals surface area (Å²) in [5.41, 5.74) is 0.326. The van der Waals surface area contributed by atoms with Crippen LogP contribution >= 0.6 is 11.3 Å². The van der Waals surface area contributed by atoms with Crippen LogP contribution in [-0.4, -0.2) is 39.8 Å². The molecular weight excluding hydrogens is 358 g/mol. The molecule has 0 aliphatic carbocycles. The zero-order valence-corrected chi connectivity index (χ0v) is 15.3. The highest BCUT2D eigenvalue weighted by Crippen LogP contribution is 2.18. The molecule has 0 bridgehead atoms. The van der Waals surface area contributed by atoms with Gasteiger partial charge in [0.25, 0.3) is 11.6 Å². The maximum atomic E-state index is 12.7. The standard InChI is InChI=1S/C17H19N3O5S/c1-3-8-19(10-15-18-14(11-26-15)17(22)25-4-2)16(21)12-6-5-7-13(9-12)20(23)24/h5-7,9,11H,3-4,8,10H2,1-2H3. The Kier molecular flexibility index (Phi) is 6.79. The fourth-order valence-electron chi connectivity index (χ4n) is 2.30. The van der Waals surface area contributed by atoms with Crippen LogP contribution in [0.2, 0.25) is 0 Å². The van der Waals surface area contributed by atoms with Gasteiger partial charge in [0.1, 0.15) is 5.01 Å². The van der Waals surface area contributed by atoms with E-state index in [9.17, 15) is 19.7 Å². The first kappa shape index (κ1) is 19.5. The highest BCUT2D eigenvalue weighted by atomic mass is 32.1. The molecule has 1 heterocycles. The van der Waals surface area contributed by atoms with Crippen molar-refractivity contribution in [2.45, 2.75) is 26.8 Å². The third-order valence-corrected chi connectivity index (χ3v) is 4.28. The summed E-state index contributed by atoms with van der Waals surface area (Å²) in [4.78, 5) is 40.6. The molecule has 2 rings (SSSR count). The molecule has 0 saturated carbocycles. The number of carbonyl (C=O) groups is 2. The molecule has 0 saturated heterocycles. The van der Waals surface area contributed by atoms with Crippen molar-refractivity contribution in [3.8, 4) is 0 Å². The zero-order chi connectivity index (χ0) is 19.1. The second kappa shape index (κ2) is 9.04. The van der Waals surface area contributed by atoms with E-state index in [1.165, 1.54) is 29.5 Å². The molecule has 0 N–H and O–H groups in total. The topological polar surface area (TPSA) is 103 Å². The minimum absolute atomic E-state index is 0.133. The van der Waals surface area contributed by atoms with E-state index in [2.05, 4.69) is 4.98 Å². The molecule has 0 aliphatic rings. The van der Waals surface area contributed by atoms with E-state index in [0.29, 0.717) is 11.6 Å². The fourth-order valence-corrected chi connectivity index (χ4v) is 3.08. The average Bonchev–Trinajstić information content (AvgIpc) is 3.10. The minimum atomic E-state index is -0.534. The summed E-state index contributed by atoms with van der Waals surface area (Å²) in [7, 11) is 0. The lowest BCUT2D eigenvalue weighted by Crippen LogP contribution is -2.31. The smallest absolute Gasteiger partial charge is 0.357 e. The molecule has 26 heavy (non-hydrogen) atoms. The fraction of sp³-hybridized carbons (Fsp3) is 0.353. The third kappa shape index (κ3) is 4.85. The van der Waals surface area contributed by atoms with E-state index in [1.54, 1.807) is 23.3 Å². The van der Waals surface area contributed by atoms with Crippen molar-refractivity contribution < 1.29 is 19.2 Å². The summed E-state index contributed by atoms with van der Waals surface area (Å²) >= 11 is 1.26. The predicted molar refractivity (Wildman–Crippen MR) is 96.2 cm³/mol. The number of hydrogen-bond donors (Lipinski definition) is 0. The number of rotatable bonds is 8. The lowest BCUT2D eigenvalue weighted by atomic mass is 10.1. The van der Waals surface area contributed by atoms with Crippen LogP contribution in [0.25, 0.3) is 0 Å². The number of aromatic nitrogens is 1. The van der Waals surface area contributed by atoms with Gasteiger partial charge < -0.3 is 9.64 Å². The van der Waals surface area contributed by atoms with E-state index in [1.807, 2.05) is 6.92 Å². The van der Waals surface area contributed by atoms with Gasteiger partial charge in [-0.05, 0) is 19.4 Å². The first-order chi connectivity index (χ1) is 12.5. The Morgan fingerprint density at radius 3 is 2.77 bits per heavy atom. The molecular formula is C17H19N3O5S. The molecule has 9 heteroatoms. The summed E-state index contributed by atoms with van der Waals surface area (Å²) < 4.78 is 4.91. The molecule has 0 radical (unpaired) electrons. The molecule has 1 amide bonds. The van der Waals surface area contributed by atoms with Gasteiger partial charge in [-0.2, -0.15) is 0 Å². The molecule has 8 nitrogen and oxygen atoms in total. The molecule has 1 aromatic carbocycles. The molecule has 2 aromatic rings. The SMILES string of the molecule is CCCN(Cc1nc(C(=O)OCC)cs1)C(=O)c1cccc([N+](=O)[O-])c1. The summed E-state index contributed by atoms with van der Waals surface area (Å²) in [6.45, 7) is 4.60. The molecule has 0 fully saturated rings. The number of thiazole rings is 1. The molecule has 0 spiro atoms. The number of nitro groups is 1. The summed E-state index contributed by atoms with van der Waals surface area (Å²) in [6.07, 6.45) is 0.719. The normalized spacial score (nSPS) is 10.4. The van der Waals surface area contributed by atoms with Gasteiger partial charge in [0.2, 0.25) is 0 Å². The number of hydrogen-bond acceptors (Lipinski definition) is 7. The van der Waals surface area contributed by atoms with Crippen LogP contribution in [-0.2, 0) is 11.3 Å². The van der Waals surface area contributed by atoms with Crippen molar-refractivity contribution in [1.82, 2.24) is 9.88 Å². The molecule has 138 valence electrons. The van der Waals surface area contributed by atoms with Gasteiger partial charge in [0, 0.05) is 29.6 Å². The molecule has 0 aliphatic heterocycles. The number of nitro benzene ring substituents is 1. The van der Waals surface area contributed by atoms with Crippen LogP contribution in [0.3, 0.4) is 0 Å². The summed E-state index contributed by atoms with van der Waals surface area (Å²) in [6, 6.07) is 5.63. The number of ether oxygens (including phenoxy) is 1. The summed E-state index contributed by atoms with van der Waals surface area (Å²) in [5, 5.41) is 13.1. The Morgan fingerprint density at radius 1 is 1.35 bits per heavy atom. The van der Waals surface area contributed by atoms with Gasteiger partial charge in [-0.25, -0.2) is 9.78 Å². The number of benzene rings is 1. The van der Waals surface area contributed by atoms with E-state index in [0.717, 1.165) is 6.42 Å². The monoisotopic (exact) mass is 377 g/mol. The first-order valence-corrected chi connectivity index (χ1v) is 8.99. The van der Waals surface area contributed by atoms with Gasteiger partial charge in [-0.3, -0.25) is 14.9 Å². The Labute approximate surface area is 154 Å². The van der Waals surface area contributed by atoms with Crippen molar-refractivity contribution in [3.63, 3.8) is 0 Å². The molecule has 1 aromatic heterocycles. The Hall–Kier alpha value is -2.81. The zero-order valence-electron chi connectivity index (χ0n) is 14.5. The van der Waals surface area contributed by atoms with E-state index in [4.69, 9.17) is 4.74 Å². The number of esters is 1. The van der Waals surface area contributed by atoms with Crippen LogP contribution in [0.4, 0.5) is 5.69 Å². The average molecular weight is 377 g/mol.